The van der Waals surface area contributed by atoms with E-state index in [9.17, 15) is 5.11 Å². The van der Waals surface area contributed by atoms with E-state index in [-0.39, 0.29) is 12.1 Å². The SMILES string of the molecule is CCCCCN(C(C)C)C1CCC(CO)(NC)C1. The van der Waals surface area contributed by atoms with Gasteiger partial charge in [-0.3, -0.25) is 4.90 Å². The monoisotopic (exact) mass is 256 g/mol. The Kier molecular flexibility index (Phi) is 6.61. The third kappa shape index (κ3) is 3.94. The number of hydrogen-bond acceptors (Lipinski definition) is 3. The molecular weight excluding hydrogens is 224 g/mol. The molecule has 0 bridgehead atoms. The van der Waals surface area contributed by atoms with Gasteiger partial charge in [0.2, 0.25) is 0 Å². The Balaban J connectivity index is 2.54. The largest absolute Gasteiger partial charge is 0.394 e. The van der Waals surface area contributed by atoms with E-state index in [4.69, 9.17) is 0 Å². The van der Waals surface area contributed by atoms with Gasteiger partial charge in [0.15, 0.2) is 0 Å². The summed E-state index contributed by atoms with van der Waals surface area (Å²) in [6.45, 7) is 8.32. The van der Waals surface area contributed by atoms with Crippen LogP contribution in [0.5, 0.6) is 0 Å². The molecule has 2 atom stereocenters. The highest BCUT2D eigenvalue weighted by atomic mass is 16.3. The summed E-state index contributed by atoms with van der Waals surface area (Å²) in [5.74, 6) is 0. The van der Waals surface area contributed by atoms with Gasteiger partial charge in [0.25, 0.3) is 0 Å². The highest BCUT2D eigenvalue weighted by molar-refractivity contribution is 4.99. The molecule has 0 heterocycles. The topological polar surface area (TPSA) is 35.5 Å². The Morgan fingerprint density at radius 3 is 2.56 bits per heavy atom. The van der Waals surface area contributed by atoms with Crippen LogP contribution in [0.2, 0.25) is 0 Å². The number of nitrogens with one attached hydrogen (secondary N) is 1. The smallest absolute Gasteiger partial charge is 0.0613 e. The Bertz CT molecular complexity index is 227. The molecule has 0 amide bonds. The van der Waals surface area contributed by atoms with Crippen LogP contribution >= 0.6 is 0 Å². The second-order valence-electron chi connectivity index (χ2n) is 6.12. The number of hydrogen-bond donors (Lipinski definition) is 2. The first kappa shape index (κ1) is 15.9. The maximum absolute atomic E-state index is 9.59. The molecule has 108 valence electrons. The minimum Gasteiger partial charge on any atom is -0.394 e. The van der Waals surface area contributed by atoms with E-state index in [1.54, 1.807) is 0 Å². The second-order valence-corrected chi connectivity index (χ2v) is 6.12. The zero-order valence-electron chi connectivity index (χ0n) is 12.7. The van der Waals surface area contributed by atoms with Crippen molar-refractivity contribution in [1.82, 2.24) is 10.2 Å². The van der Waals surface area contributed by atoms with Gasteiger partial charge in [0.1, 0.15) is 0 Å². The molecule has 18 heavy (non-hydrogen) atoms. The van der Waals surface area contributed by atoms with Crippen LogP contribution in [0.3, 0.4) is 0 Å². The first-order chi connectivity index (χ1) is 8.58. The summed E-state index contributed by atoms with van der Waals surface area (Å²) in [5.41, 5.74) is -0.0252. The number of likely N-dealkylation sites (N-methyl/N-ethyl adjacent to an activating group) is 1. The lowest BCUT2D eigenvalue weighted by Crippen LogP contribution is -2.47. The van der Waals surface area contributed by atoms with Gasteiger partial charge < -0.3 is 10.4 Å². The van der Waals surface area contributed by atoms with Gasteiger partial charge in [0, 0.05) is 17.6 Å². The normalized spacial score (nSPS) is 28.5. The van der Waals surface area contributed by atoms with Crippen LogP contribution in [-0.2, 0) is 0 Å². The lowest BCUT2D eigenvalue weighted by molar-refractivity contribution is 0.126. The fraction of sp³-hybridized carbons (Fsp3) is 1.00. The molecule has 2 N–H and O–H groups in total. The molecule has 0 aromatic heterocycles. The first-order valence-corrected chi connectivity index (χ1v) is 7.64. The molecule has 1 rings (SSSR count). The highest BCUT2D eigenvalue weighted by Gasteiger charge is 2.40. The maximum Gasteiger partial charge on any atom is 0.0613 e. The van der Waals surface area contributed by atoms with E-state index in [1.807, 2.05) is 7.05 Å². The molecule has 1 aliphatic rings. The van der Waals surface area contributed by atoms with Crippen molar-refractivity contribution >= 4 is 0 Å². The van der Waals surface area contributed by atoms with Crippen LogP contribution in [0.1, 0.15) is 59.3 Å². The Morgan fingerprint density at radius 1 is 1.39 bits per heavy atom. The van der Waals surface area contributed by atoms with Gasteiger partial charge in [-0.1, -0.05) is 19.8 Å². The molecule has 1 aliphatic carbocycles. The fourth-order valence-corrected chi connectivity index (χ4v) is 3.24. The van der Waals surface area contributed by atoms with Gasteiger partial charge in [-0.15, -0.1) is 0 Å². The van der Waals surface area contributed by atoms with Crippen LogP contribution in [0.15, 0.2) is 0 Å². The van der Waals surface area contributed by atoms with Crippen molar-refractivity contribution in [1.29, 1.82) is 0 Å². The minimum absolute atomic E-state index is 0.0252. The van der Waals surface area contributed by atoms with Gasteiger partial charge in [0.05, 0.1) is 6.61 Å². The number of aliphatic hydroxyl groups excluding tert-OH is 1. The van der Waals surface area contributed by atoms with E-state index in [2.05, 4.69) is 31.0 Å². The summed E-state index contributed by atoms with van der Waals surface area (Å²) in [6.07, 6.45) is 7.31. The van der Waals surface area contributed by atoms with Crippen molar-refractivity contribution in [3.05, 3.63) is 0 Å². The summed E-state index contributed by atoms with van der Waals surface area (Å²) in [7, 11) is 1.98. The van der Waals surface area contributed by atoms with Crippen LogP contribution in [0.25, 0.3) is 0 Å². The van der Waals surface area contributed by atoms with Gasteiger partial charge >= 0.3 is 0 Å². The molecule has 1 fully saturated rings. The zero-order chi connectivity index (χ0) is 13.6. The molecule has 0 aromatic carbocycles. The van der Waals surface area contributed by atoms with E-state index in [0.29, 0.717) is 12.1 Å². The predicted octanol–water partition coefficient (Wildman–Crippen LogP) is 2.39. The van der Waals surface area contributed by atoms with Crippen molar-refractivity contribution in [3.63, 3.8) is 0 Å². The van der Waals surface area contributed by atoms with Crippen molar-refractivity contribution < 1.29 is 5.11 Å². The molecule has 0 aliphatic heterocycles. The molecular formula is C15H32N2O. The van der Waals surface area contributed by atoms with Crippen LogP contribution in [0.4, 0.5) is 0 Å². The predicted molar refractivity (Wildman–Crippen MR) is 77.9 cm³/mol. The summed E-state index contributed by atoms with van der Waals surface area (Å²) in [6, 6.07) is 1.25. The van der Waals surface area contributed by atoms with Crippen molar-refractivity contribution in [2.45, 2.75) is 76.9 Å². The second kappa shape index (κ2) is 7.46. The van der Waals surface area contributed by atoms with E-state index in [0.717, 1.165) is 12.8 Å². The first-order valence-electron chi connectivity index (χ1n) is 7.64. The summed E-state index contributed by atoms with van der Waals surface area (Å²) >= 11 is 0. The lowest BCUT2D eigenvalue weighted by Gasteiger charge is -2.34. The molecule has 1 saturated carbocycles. The third-order valence-corrected chi connectivity index (χ3v) is 4.57. The average Bonchev–Trinajstić information content (AvgIpc) is 2.79. The Morgan fingerprint density at radius 2 is 2.11 bits per heavy atom. The summed E-state index contributed by atoms with van der Waals surface area (Å²) < 4.78 is 0. The molecule has 2 unspecified atom stereocenters. The van der Waals surface area contributed by atoms with Gasteiger partial charge in [-0.05, 0) is 53.1 Å². The minimum atomic E-state index is -0.0252. The molecule has 0 saturated heterocycles. The number of nitrogens with zero attached hydrogens (tertiary/aromatic N) is 1. The maximum atomic E-state index is 9.59. The van der Waals surface area contributed by atoms with Crippen molar-refractivity contribution in [3.8, 4) is 0 Å². The third-order valence-electron chi connectivity index (χ3n) is 4.57. The quantitative estimate of drug-likeness (QED) is 0.655. The van der Waals surface area contributed by atoms with Crippen molar-refractivity contribution in [2.75, 3.05) is 20.2 Å². The summed E-state index contributed by atoms with van der Waals surface area (Å²) in [5, 5.41) is 12.9. The highest BCUT2D eigenvalue weighted by Crippen LogP contribution is 2.33. The molecule has 3 heteroatoms. The van der Waals surface area contributed by atoms with Gasteiger partial charge in [-0.2, -0.15) is 0 Å². The molecule has 0 radical (unpaired) electrons. The van der Waals surface area contributed by atoms with E-state index >= 15 is 0 Å². The van der Waals surface area contributed by atoms with E-state index in [1.165, 1.54) is 32.2 Å². The number of rotatable bonds is 8. The molecule has 0 spiro atoms. The number of aliphatic hydroxyl groups is 1. The molecule has 3 nitrogen and oxygen atoms in total. The Hall–Kier alpha value is -0.120. The van der Waals surface area contributed by atoms with Crippen LogP contribution in [-0.4, -0.2) is 47.8 Å². The van der Waals surface area contributed by atoms with E-state index < -0.39 is 0 Å². The van der Waals surface area contributed by atoms with Gasteiger partial charge in [-0.25, -0.2) is 0 Å². The van der Waals surface area contributed by atoms with Crippen LogP contribution < -0.4 is 5.32 Å². The average molecular weight is 256 g/mol. The summed E-state index contributed by atoms with van der Waals surface area (Å²) in [4.78, 5) is 2.64. The van der Waals surface area contributed by atoms with Crippen LogP contribution in [0, 0.1) is 0 Å². The fourth-order valence-electron chi connectivity index (χ4n) is 3.24. The lowest BCUT2D eigenvalue weighted by atomic mass is 9.98. The van der Waals surface area contributed by atoms with Crippen molar-refractivity contribution in [2.24, 2.45) is 0 Å². The zero-order valence-corrected chi connectivity index (χ0v) is 12.7. The molecule has 0 aromatic rings. The Labute approximate surface area is 113 Å². The standard InChI is InChI=1S/C15H32N2O/c1-5-6-7-10-17(13(2)3)14-8-9-15(11-14,12-18)16-4/h13-14,16,18H,5-12H2,1-4H3. The number of unbranched alkanes of at least 4 members (excludes halogenated alkanes) is 2.